The maximum atomic E-state index is 12.7. The minimum atomic E-state index is -2.56. The lowest BCUT2D eigenvalue weighted by Gasteiger charge is -2.19. The SMILES string of the molecule is CCCN(CC(=O)Nc1ccccc1SC(F)F)Cc1nnc(-c2cccs2)o1. The van der Waals surface area contributed by atoms with Crippen molar-refractivity contribution in [1.29, 1.82) is 0 Å². The molecule has 29 heavy (non-hydrogen) atoms. The minimum absolute atomic E-state index is 0.0816. The summed E-state index contributed by atoms with van der Waals surface area (Å²) in [5.74, 6) is -1.98. The third-order valence-corrected chi connectivity index (χ3v) is 5.49. The molecule has 2 heterocycles. The zero-order chi connectivity index (χ0) is 20.6. The molecule has 0 spiro atoms. The summed E-state index contributed by atoms with van der Waals surface area (Å²) in [6, 6.07) is 10.3. The molecule has 3 aromatic rings. The van der Waals surface area contributed by atoms with Gasteiger partial charge in [0.15, 0.2) is 0 Å². The van der Waals surface area contributed by atoms with Crippen LogP contribution in [0.25, 0.3) is 10.8 Å². The van der Waals surface area contributed by atoms with Crippen molar-refractivity contribution in [3.63, 3.8) is 0 Å². The largest absolute Gasteiger partial charge is 0.419 e. The van der Waals surface area contributed by atoms with Crippen molar-refractivity contribution < 1.29 is 18.0 Å². The number of nitrogens with zero attached hydrogens (tertiary/aromatic N) is 3. The zero-order valence-corrected chi connectivity index (χ0v) is 17.3. The van der Waals surface area contributed by atoms with Crippen LogP contribution in [0.2, 0.25) is 0 Å². The van der Waals surface area contributed by atoms with Gasteiger partial charge in [-0.1, -0.05) is 36.9 Å². The maximum absolute atomic E-state index is 12.7. The van der Waals surface area contributed by atoms with Crippen LogP contribution in [0.3, 0.4) is 0 Å². The van der Waals surface area contributed by atoms with Gasteiger partial charge in [-0.15, -0.1) is 21.5 Å². The van der Waals surface area contributed by atoms with Gasteiger partial charge in [-0.05, 0) is 36.5 Å². The number of hydrogen-bond donors (Lipinski definition) is 1. The molecular formula is C19H20F2N4O2S2. The fourth-order valence-corrected chi connectivity index (χ4v) is 3.94. The first-order chi connectivity index (χ1) is 14.0. The number of aromatic nitrogens is 2. The summed E-state index contributed by atoms with van der Waals surface area (Å²) >= 11 is 1.91. The van der Waals surface area contributed by atoms with E-state index in [9.17, 15) is 13.6 Å². The lowest BCUT2D eigenvalue weighted by atomic mass is 10.3. The van der Waals surface area contributed by atoms with E-state index in [2.05, 4.69) is 15.5 Å². The average Bonchev–Trinajstić information content (AvgIpc) is 3.34. The molecule has 0 fully saturated rings. The lowest BCUT2D eigenvalue weighted by molar-refractivity contribution is -0.117. The molecule has 0 aliphatic heterocycles. The van der Waals surface area contributed by atoms with Crippen molar-refractivity contribution in [3.05, 3.63) is 47.7 Å². The number of nitrogens with one attached hydrogen (secondary N) is 1. The first-order valence-corrected chi connectivity index (χ1v) is 10.7. The quantitative estimate of drug-likeness (QED) is 0.451. The third-order valence-electron chi connectivity index (χ3n) is 3.84. The molecule has 0 atom stereocenters. The highest BCUT2D eigenvalue weighted by atomic mass is 32.2. The second-order valence-corrected chi connectivity index (χ2v) is 8.09. The second kappa shape index (κ2) is 10.5. The Morgan fingerprint density at radius 2 is 2.10 bits per heavy atom. The van der Waals surface area contributed by atoms with Crippen molar-refractivity contribution >= 4 is 34.7 Å². The van der Waals surface area contributed by atoms with E-state index in [1.165, 1.54) is 11.3 Å². The van der Waals surface area contributed by atoms with E-state index in [4.69, 9.17) is 4.42 Å². The Morgan fingerprint density at radius 1 is 1.28 bits per heavy atom. The third kappa shape index (κ3) is 6.34. The van der Waals surface area contributed by atoms with Gasteiger partial charge in [-0.25, -0.2) is 0 Å². The Bertz CT molecular complexity index is 919. The van der Waals surface area contributed by atoms with Crippen LogP contribution in [-0.2, 0) is 11.3 Å². The highest BCUT2D eigenvalue weighted by Gasteiger charge is 2.17. The van der Waals surface area contributed by atoms with Gasteiger partial charge in [-0.2, -0.15) is 8.78 Å². The van der Waals surface area contributed by atoms with E-state index >= 15 is 0 Å². The summed E-state index contributed by atoms with van der Waals surface area (Å²) in [5, 5.41) is 12.8. The van der Waals surface area contributed by atoms with Gasteiger partial charge in [-0.3, -0.25) is 9.69 Å². The first kappa shape index (κ1) is 21.4. The van der Waals surface area contributed by atoms with E-state index in [0.717, 1.165) is 11.3 Å². The van der Waals surface area contributed by atoms with Gasteiger partial charge in [0.05, 0.1) is 23.7 Å². The van der Waals surface area contributed by atoms with Gasteiger partial charge in [0.2, 0.25) is 11.8 Å². The fraction of sp³-hybridized carbons (Fsp3) is 0.316. The van der Waals surface area contributed by atoms with Gasteiger partial charge in [0.1, 0.15) is 0 Å². The molecule has 2 aromatic heterocycles. The summed E-state index contributed by atoms with van der Waals surface area (Å²) in [4.78, 5) is 15.6. The van der Waals surface area contributed by atoms with E-state index in [1.807, 2.05) is 29.3 Å². The smallest absolute Gasteiger partial charge is 0.288 e. The molecule has 6 nitrogen and oxygen atoms in total. The molecule has 0 aliphatic rings. The molecule has 0 saturated heterocycles. The van der Waals surface area contributed by atoms with Crippen LogP contribution in [0.1, 0.15) is 19.2 Å². The predicted molar refractivity (Wildman–Crippen MR) is 110 cm³/mol. The number of carbonyl (C=O) groups is 1. The number of thiophene rings is 1. The molecule has 0 unspecified atom stereocenters. The molecule has 1 aromatic carbocycles. The Balaban J connectivity index is 1.62. The maximum Gasteiger partial charge on any atom is 0.288 e. The van der Waals surface area contributed by atoms with Crippen LogP contribution in [0, 0.1) is 0 Å². The van der Waals surface area contributed by atoms with Crippen LogP contribution in [0.4, 0.5) is 14.5 Å². The molecule has 1 N–H and O–H groups in total. The number of carbonyl (C=O) groups excluding carboxylic acids is 1. The van der Waals surface area contributed by atoms with Crippen molar-refractivity contribution in [2.45, 2.75) is 30.5 Å². The van der Waals surface area contributed by atoms with E-state index in [-0.39, 0.29) is 12.5 Å². The topological polar surface area (TPSA) is 71.3 Å². The van der Waals surface area contributed by atoms with Gasteiger partial charge >= 0.3 is 0 Å². The monoisotopic (exact) mass is 438 g/mol. The molecule has 1 amide bonds. The van der Waals surface area contributed by atoms with Crippen LogP contribution in [-0.4, -0.2) is 39.9 Å². The molecule has 154 valence electrons. The van der Waals surface area contributed by atoms with Crippen LogP contribution < -0.4 is 5.32 Å². The standard InChI is InChI=1S/C19H20F2N4O2S2/c1-2-9-25(12-17-23-24-18(27-17)15-8-5-10-28-15)11-16(26)22-13-6-3-4-7-14(13)29-19(20)21/h3-8,10,19H,2,9,11-12H2,1H3,(H,22,26). The van der Waals surface area contributed by atoms with Gasteiger partial charge < -0.3 is 9.73 Å². The number of amides is 1. The summed E-state index contributed by atoms with van der Waals surface area (Å²) < 4.78 is 31.1. The molecule has 10 heteroatoms. The van der Waals surface area contributed by atoms with Gasteiger partial charge in [0, 0.05) is 4.90 Å². The summed E-state index contributed by atoms with van der Waals surface area (Å²) in [5.41, 5.74) is 0.372. The number of anilines is 1. The van der Waals surface area contributed by atoms with E-state index in [0.29, 0.717) is 47.2 Å². The molecule has 0 aliphatic carbocycles. The first-order valence-electron chi connectivity index (χ1n) is 8.97. The summed E-state index contributed by atoms with van der Waals surface area (Å²) in [7, 11) is 0. The van der Waals surface area contributed by atoms with Crippen LogP contribution in [0.5, 0.6) is 0 Å². The van der Waals surface area contributed by atoms with Crippen molar-refractivity contribution in [2.24, 2.45) is 0 Å². The zero-order valence-electron chi connectivity index (χ0n) is 15.7. The Hall–Kier alpha value is -2.30. The molecule has 0 bridgehead atoms. The molecule has 0 saturated carbocycles. The Morgan fingerprint density at radius 3 is 2.83 bits per heavy atom. The molecular weight excluding hydrogens is 418 g/mol. The summed E-state index contributed by atoms with van der Waals surface area (Å²) in [6.07, 6.45) is 0.830. The Labute approximate surface area is 175 Å². The van der Waals surface area contributed by atoms with E-state index < -0.39 is 5.76 Å². The number of alkyl halides is 2. The van der Waals surface area contributed by atoms with Gasteiger partial charge in [0.25, 0.3) is 11.6 Å². The second-order valence-electron chi connectivity index (χ2n) is 6.11. The summed E-state index contributed by atoms with van der Waals surface area (Å²) in [6.45, 7) is 3.06. The number of hydrogen-bond acceptors (Lipinski definition) is 7. The number of benzene rings is 1. The normalized spacial score (nSPS) is 11.3. The number of rotatable bonds is 10. The number of para-hydroxylation sites is 1. The van der Waals surface area contributed by atoms with Crippen LogP contribution in [0.15, 0.2) is 51.1 Å². The van der Waals surface area contributed by atoms with Crippen molar-refractivity contribution in [3.8, 4) is 10.8 Å². The van der Waals surface area contributed by atoms with Crippen LogP contribution >= 0.6 is 23.1 Å². The number of thioether (sulfide) groups is 1. The lowest BCUT2D eigenvalue weighted by Crippen LogP contribution is -2.33. The highest BCUT2D eigenvalue weighted by molar-refractivity contribution is 7.99. The fourth-order valence-electron chi connectivity index (χ4n) is 2.70. The predicted octanol–water partition coefficient (Wildman–Crippen LogP) is 4.96. The minimum Gasteiger partial charge on any atom is -0.419 e. The van der Waals surface area contributed by atoms with Crippen molar-refractivity contribution in [2.75, 3.05) is 18.4 Å². The van der Waals surface area contributed by atoms with Crippen molar-refractivity contribution in [1.82, 2.24) is 15.1 Å². The van der Waals surface area contributed by atoms with E-state index in [1.54, 1.807) is 24.3 Å². The molecule has 3 rings (SSSR count). The highest BCUT2D eigenvalue weighted by Crippen LogP contribution is 2.31. The average molecular weight is 439 g/mol. The Kier molecular flexibility index (Phi) is 7.73. The molecule has 0 radical (unpaired) electrons. The number of halogens is 2.